The molecule has 7 nitrogen and oxygen atoms in total. The molecule has 4 heterocycles. The molecule has 0 radical (unpaired) electrons. The maximum atomic E-state index is 13.1. The van der Waals surface area contributed by atoms with Gasteiger partial charge in [-0.1, -0.05) is 0 Å². The maximum Gasteiger partial charge on any atom is 0.313 e. The largest absolute Gasteiger partial charge is 0.472 e. The first-order valence-electron chi connectivity index (χ1n) is 10.2. The van der Waals surface area contributed by atoms with Crippen LogP contribution in [0, 0.1) is 11.3 Å². The van der Waals surface area contributed by atoms with Gasteiger partial charge in [0.25, 0.3) is 0 Å². The summed E-state index contributed by atoms with van der Waals surface area (Å²) in [5.41, 5.74) is 1.98. The first-order valence-corrected chi connectivity index (χ1v) is 10.2. The molecule has 0 aromatic carbocycles. The molecule has 2 saturated heterocycles. The standard InChI is InChI=1S/C21H30N4O3/c1-3-28-20(26)21-6-4-7-24(12-18-9-22-23(2)10-18)13-19(21)14-25(16-21)11-17-5-8-27-15-17/h5,8-10,15,19H,3-4,6-7,11-14,16H2,1-2H3/t19-,21-/m1/s1. The van der Waals surface area contributed by atoms with Crippen LogP contribution in [0.5, 0.6) is 0 Å². The Bertz CT molecular complexity index is 787. The Morgan fingerprint density at radius 2 is 2.14 bits per heavy atom. The topological polar surface area (TPSA) is 63.7 Å². The van der Waals surface area contributed by atoms with Gasteiger partial charge in [0.1, 0.15) is 0 Å². The van der Waals surface area contributed by atoms with Crippen molar-refractivity contribution in [1.82, 2.24) is 19.6 Å². The fourth-order valence-corrected chi connectivity index (χ4v) is 4.94. The van der Waals surface area contributed by atoms with Crippen LogP contribution in [0.1, 0.15) is 30.9 Å². The van der Waals surface area contributed by atoms with Crippen LogP contribution in [0.3, 0.4) is 0 Å². The summed E-state index contributed by atoms with van der Waals surface area (Å²) in [6.07, 6.45) is 9.41. The van der Waals surface area contributed by atoms with Gasteiger partial charge in [0.15, 0.2) is 0 Å². The molecule has 28 heavy (non-hydrogen) atoms. The predicted molar refractivity (Wildman–Crippen MR) is 104 cm³/mol. The van der Waals surface area contributed by atoms with Crippen molar-refractivity contribution in [2.45, 2.75) is 32.9 Å². The zero-order valence-corrected chi connectivity index (χ0v) is 16.8. The van der Waals surface area contributed by atoms with Crippen LogP contribution in [-0.2, 0) is 29.7 Å². The number of aromatic nitrogens is 2. The third kappa shape index (κ3) is 3.86. The van der Waals surface area contributed by atoms with Crippen LogP contribution in [0.25, 0.3) is 0 Å². The van der Waals surface area contributed by atoms with Gasteiger partial charge in [0.2, 0.25) is 0 Å². The van der Waals surface area contributed by atoms with Crippen LogP contribution in [0.4, 0.5) is 0 Å². The van der Waals surface area contributed by atoms with Crippen molar-refractivity contribution in [2.24, 2.45) is 18.4 Å². The highest BCUT2D eigenvalue weighted by atomic mass is 16.5. The van der Waals surface area contributed by atoms with Crippen molar-refractivity contribution in [1.29, 1.82) is 0 Å². The van der Waals surface area contributed by atoms with E-state index in [9.17, 15) is 4.79 Å². The van der Waals surface area contributed by atoms with E-state index in [1.165, 1.54) is 5.56 Å². The van der Waals surface area contributed by atoms with Gasteiger partial charge in [-0.15, -0.1) is 0 Å². The number of carbonyl (C=O) groups is 1. The highest BCUT2D eigenvalue weighted by Crippen LogP contribution is 2.44. The zero-order chi connectivity index (χ0) is 19.6. The quantitative estimate of drug-likeness (QED) is 0.710. The Morgan fingerprint density at radius 3 is 2.86 bits per heavy atom. The highest BCUT2D eigenvalue weighted by Gasteiger charge is 2.53. The maximum absolute atomic E-state index is 13.1. The second-order valence-electron chi connectivity index (χ2n) is 8.24. The average molecular weight is 386 g/mol. The summed E-state index contributed by atoms with van der Waals surface area (Å²) in [7, 11) is 1.95. The smallest absolute Gasteiger partial charge is 0.313 e. The summed E-state index contributed by atoms with van der Waals surface area (Å²) in [6, 6.07) is 2.00. The Labute approximate surface area is 166 Å². The molecule has 0 unspecified atom stereocenters. The molecule has 2 aliphatic rings. The Balaban J connectivity index is 1.52. The third-order valence-corrected chi connectivity index (χ3v) is 6.17. The normalized spacial score (nSPS) is 26.1. The van der Waals surface area contributed by atoms with Crippen molar-refractivity contribution in [2.75, 3.05) is 32.8 Å². The molecular weight excluding hydrogens is 356 g/mol. The lowest BCUT2D eigenvalue weighted by Gasteiger charge is -2.31. The number of furan rings is 1. The molecule has 2 atom stereocenters. The summed E-state index contributed by atoms with van der Waals surface area (Å²) in [5.74, 6) is 0.260. The average Bonchev–Trinajstić information content (AvgIpc) is 3.36. The molecule has 0 aliphatic carbocycles. The number of fused-ring (bicyclic) bond motifs is 1. The van der Waals surface area contributed by atoms with Gasteiger partial charge >= 0.3 is 5.97 Å². The Kier molecular flexibility index (Phi) is 5.55. The van der Waals surface area contributed by atoms with Crippen molar-refractivity contribution < 1.29 is 13.9 Å². The van der Waals surface area contributed by atoms with Crippen LogP contribution >= 0.6 is 0 Å². The van der Waals surface area contributed by atoms with Crippen molar-refractivity contribution in [3.63, 3.8) is 0 Å². The summed E-state index contributed by atoms with van der Waals surface area (Å²) < 4.78 is 12.6. The minimum Gasteiger partial charge on any atom is -0.472 e. The molecule has 0 bridgehead atoms. The third-order valence-electron chi connectivity index (χ3n) is 6.17. The number of nitrogens with zero attached hydrogens (tertiary/aromatic N) is 4. The van der Waals surface area contributed by atoms with Gasteiger partial charge in [0, 0.05) is 63.0 Å². The van der Waals surface area contributed by atoms with E-state index < -0.39 is 5.41 Å². The molecule has 2 aromatic heterocycles. The Morgan fingerprint density at radius 1 is 1.32 bits per heavy atom. The second-order valence-corrected chi connectivity index (χ2v) is 8.24. The fraction of sp³-hybridized carbons (Fsp3) is 0.619. The van der Waals surface area contributed by atoms with E-state index in [0.29, 0.717) is 6.61 Å². The lowest BCUT2D eigenvalue weighted by atomic mass is 9.75. The molecule has 2 aromatic rings. The van der Waals surface area contributed by atoms with Gasteiger partial charge in [-0.2, -0.15) is 5.10 Å². The monoisotopic (exact) mass is 386 g/mol. The van der Waals surface area contributed by atoms with Crippen LogP contribution < -0.4 is 0 Å². The number of rotatable bonds is 6. The van der Waals surface area contributed by atoms with Crippen LogP contribution in [0.15, 0.2) is 35.4 Å². The van der Waals surface area contributed by atoms with Crippen LogP contribution in [-0.4, -0.2) is 58.3 Å². The molecule has 152 valence electrons. The van der Waals surface area contributed by atoms with Gasteiger partial charge in [-0.25, -0.2) is 0 Å². The Hall–Kier alpha value is -2.12. The molecule has 0 spiro atoms. The van der Waals surface area contributed by atoms with Gasteiger partial charge in [-0.05, 0) is 32.4 Å². The second kappa shape index (κ2) is 8.09. The number of ether oxygens (including phenoxy) is 1. The molecule has 2 aliphatic heterocycles. The van der Waals surface area contributed by atoms with E-state index in [0.717, 1.165) is 57.7 Å². The number of hydrogen-bond acceptors (Lipinski definition) is 6. The number of esters is 1. The first kappa shape index (κ1) is 19.2. The summed E-state index contributed by atoms with van der Waals surface area (Å²) >= 11 is 0. The molecular formula is C21H30N4O3. The van der Waals surface area contributed by atoms with Crippen molar-refractivity contribution in [3.05, 3.63) is 42.1 Å². The summed E-state index contributed by atoms with van der Waals surface area (Å²) in [6.45, 7) is 7.63. The van der Waals surface area contributed by atoms with Gasteiger partial charge in [0.05, 0.1) is 30.7 Å². The van der Waals surface area contributed by atoms with E-state index >= 15 is 0 Å². The van der Waals surface area contributed by atoms with E-state index in [1.807, 2.05) is 30.9 Å². The minimum absolute atomic E-state index is 0.0158. The SMILES string of the molecule is CCOC(=O)[C@@]12CCCN(Cc3cnn(C)c3)C[C@@H]1CN(Cc1ccoc1)C2. The zero-order valence-electron chi connectivity index (χ0n) is 16.8. The van der Waals surface area contributed by atoms with E-state index in [4.69, 9.17) is 9.15 Å². The molecule has 4 rings (SSSR count). The molecule has 0 N–H and O–H groups in total. The van der Waals surface area contributed by atoms with Crippen LogP contribution in [0.2, 0.25) is 0 Å². The van der Waals surface area contributed by atoms with Gasteiger partial charge in [-0.3, -0.25) is 19.3 Å². The first-order chi connectivity index (χ1) is 13.6. The molecule has 0 saturated carbocycles. The number of carbonyl (C=O) groups excluding carboxylic acids is 1. The highest BCUT2D eigenvalue weighted by molar-refractivity contribution is 5.78. The minimum atomic E-state index is -0.399. The number of aryl methyl sites for hydroxylation is 1. The summed E-state index contributed by atoms with van der Waals surface area (Å²) in [5, 5.41) is 4.29. The van der Waals surface area contributed by atoms with Gasteiger partial charge < -0.3 is 9.15 Å². The molecule has 2 fully saturated rings. The van der Waals surface area contributed by atoms with Crippen molar-refractivity contribution in [3.8, 4) is 0 Å². The molecule has 7 heteroatoms. The lowest BCUT2D eigenvalue weighted by molar-refractivity contribution is -0.157. The van der Waals surface area contributed by atoms with E-state index in [1.54, 1.807) is 12.5 Å². The number of likely N-dealkylation sites (tertiary alicyclic amines) is 2. The van der Waals surface area contributed by atoms with E-state index in [-0.39, 0.29) is 11.9 Å². The molecule has 0 amide bonds. The predicted octanol–water partition coefficient (Wildman–Crippen LogP) is 2.29. The number of hydrogen-bond donors (Lipinski definition) is 0. The van der Waals surface area contributed by atoms with Crippen molar-refractivity contribution >= 4 is 5.97 Å². The summed E-state index contributed by atoms with van der Waals surface area (Å²) in [4.78, 5) is 17.9. The fourth-order valence-electron chi connectivity index (χ4n) is 4.94. The van der Waals surface area contributed by atoms with E-state index in [2.05, 4.69) is 21.1 Å². The lowest BCUT2D eigenvalue weighted by Crippen LogP contribution is -2.42.